The molecule has 0 spiro atoms. The summed E-state index contributed by atoms with van der Waals surface area (Å²) in [5.41, 5.74) is 1.84. The van der Waals surface area contributed by atoms with E-state index in [-0.39, 0.29) is 5.41 Å². The molecule has 1 N–H and O–H groups in total. The van der Waals surface area contributed by atoms with Crippen LogP contribution in [0.3, 0.4) is 0 Å². The van der Waals surface area contributed by atoms with E-state index in [0.717, 1.165) is 35.7 Å². The van der Waals surface area contributed by atoms with Crippen molar-refractivity contribution in [1.29, 1.82) is 0 Å². The Morgan fingerprint density at radius 2 is 1.95 bits per heavy atom. The quantitative estimate of drug-likeness (QED) is 0.782. The zero-order valence-electron chi connectivity index (χ0n) is 12.4. The van der Waals surface area contributed by atoms with Gasteiger partial charge < -0.3 is 4.98 Å². The first-order chi connectivity index (χ1) is 9.62. The highest BCUT2D eigenvalue weighted by molar-refractivity contribution is 6.10. The van der Waals surface area contributed by atoms with E-state index in [1.54, 1.807) is 0 Å². The summed E-state index contributed by atoms with van der Waals surface area (Å²) >= 11 is 0. The number of aromatic nitrogens is 1. The predicted octanol–water partition coefficient (Wildman–Crippen LogP) is 4.96. The van der Waals surface area contributed by atoms with Gasteiger partial charge in [0.1, 0.15) is 0 Å². The van der Waals surface area contributed by atoms with E-state index in [1.165, 1.54) is 12.8 Å². The summed E-state index contributed by atoms with van der Waals surface area (Å²) in [5, 5.41) is 1.08. The molecule has 0 aliphatic heterocycles. The maximum atomic E-state index is 13.2. The second kappa shape index (κ2) is 5.08. The maximum absolute atomic E-state index is 13.2. The molecule has 1 aliphatic rings. The monoisotopic (exact) mass is 269 g/mol. The van der Waals surface area contributed by atoms with Crippen LogP contribution in [0.25, 0.3) is 10.9 Å². The van der Waals surface area contributed by atoms with Gasteiger partial charge in [0.15, 0.2) is 5.78 Å². The van der Waals surface area contributed by atoms with Gasteiger partial charge in [-0.15, -0.1) is 0 Å². The minimum Gasteiger partial charge on any atom is -0.360 e. The molecule has 1 saturated carbocycles. The molecule has 0 bridgehead atoms. The number of hydrogen-bond donors (Lipinski definition) is 1. The number of para-hydroxylation sites is 1. The fourth-order valence-corrected chi connectivity index (χ4v) is 3.90. The van der Waals surface area contributed by atoms with Crippen LogP contribution in [-0.4, -0.2) is 10.8 Å². The molecule has 1 aromatic carbocycles. The second-order valence-electron chi connectivity index (χ2n) is 6.66. The molecule has 1 fully saturated rings. The number of ketones is 1. The molecule has 0 saturated heterocycles. The average molecular weight is 269 g/mol. The SMILES string of the molecule is CC(C)CC1(C(=O)c2c[nH]c3ccccc23)CCCC1. The van der Waals surface area contributed by atoms with E-state index < -0.39 is 0 Å². The second-order valence-corrected chi connectivity index (χ2v) is 6.66. The van der Waals surface area contributed by atoms with Gasteiger partial charge in [0, 0.05) is 28.1 Å². The third-order valence-corrected chi connectivity index (χ3v) is 4.68. The van der Waals surface area contributed by atoms with Crippen molar-refractivity contribution in [3.05, 3.63) is 36.0 Å². The first-order valence-electron chi connectivity index (χ1n) is 7.73. The van der Waals surface area contributed by atoms with Crippen LogP contribution in [0.4, 0.5) is 0 Å². The lowest BCUT2D eigenvalue weighted by atomic mass is 9.73. The van der Waals surface area contributed by atoms with Gasteiger partial charge in [-0.05, 0) is 31.2 Å². The standard InChI is InChI=1S/C18H23NO/c1-13(2)11-18(9-5-6-10-18)17(20)15-12-19-16-8-4-3-7-14(15)16/h3-4,7-8,12-13,19H,5-6,9-11H2,1-2H3. The van der Waals surface area contributed by atoms with Gasteiger partial charge in [-0.25, -0.2) is 0 Å². The van der Waals surface area contributed by atoms with Gasteiger partial charge in [-0.2, -0.15) is 0 Å². The molecule has 2 heteroatoms. The molecular weight excluding hydrogens is 246 g/mol. The highest BCUT2D eigenvalue weighted by Crippen LogP contribution is 2.46. The minimum absolute atomic E-state index is 0.112. The molecule has 0 unspecified atom stereocenters. The van der Waals surface area contributed by atoms with Crippen LogP contribution in [0, 0.1) is 11.3 Å². The van der Waals surface area contributed by atoms with Crippen molar-refractivity contribution in [3.63, 3.8) is 0 Å². The fourth-order valence-electron chi connectivity index (χ4n) is 3.90. The molecule has 0 atom stereocenters. The summed E-state index contributed by atoms with van der Waals surface area (Å²) in [6, 6.07) is 8.11. The number of nitrogens with one attached hydrogen (secondary N) is 1. The third kappa shape index (κ3) is 2.17. The van der Waals surface area contributed by atoms with Crippen molar-refractivity contribution < 1.29 is 4.79 Å². The number of rotatable bonds is 4. The molecule has 3 rings (SSSR count). The highest BCUT2D eigenvalue weighted by atomic mass is 16.1. The Morgan fingerprint density at radius 1 is 1.25 bits per heavy atom. The molecule has 0 radical (unpaired) electrons. The van der Waals surface area contributed by atoms with Gasteiger partial charge in [0.25, 0.3) is 0 Å². The van der Waals surface area contributed by atoms with Crippen molar-refractivity contribution in [1.82, 2.24) is 4.98 Å². The molecule has 106 valence electrons. The highest BCUT2D eigenvalue weighted by Gasteiger charge is 2.42. The number of benzene rings is 1. The summed E-state index contributed by atoms with van der Waals surface area (Å²) in [4.78, 5) is 16.4. The van der Waals surface area contributed by atoms with E-state index in [0.29, 0.717) is 11.7 Å². The summed E-state index contributed by atoms with van der Waals surface area (Å²) in [7, 11) is 0. The lowest BCUT2D eigenvalue weighted by Crippen LogP contribution is -2.29. The summed E-state index contributed by atoms with van der Waals surface area (Å²) < 4.78 is 0. The van der Waals surface area contributed by atoms with Gasteiger partial charge in [0.2, 0.25) is 0 Å². The maximum Gasteiger partial charge on any atom is 0.171 e. The molecule has 0 amide bonds. The van der Waals surface area contributed by atoms with Crippen molar-refractivity contribution >= 4 is 16.7 Å². The number of Topliss-reactive ketones (excluding diaryl/α,β-unsaturated/α-hetero) is 1. The minimum atomic E-state index is -0.112. The first kappa shape index (κ1) is 13.4. The summed E-state index contributed by atoms with van der Waals surface area (Å²) in [5.74, 6) is 0.934. The van der Waals surface area contributed by atoms with Crippen LogP contribution in [0.1, 0.15) is 56.3 Å². The van der Waals surface area contributed by atoms with Crippen LogP contribution in [-0.2, 0) is 0 Å². The Kier molecular flexibility index (Phi) is 3.41. The lowest BCUT2D eigenvalue weighted by molar-refractivity contribution is 0.0762. The van der Waals surface area contributed by atoms with E-state index in [4.69, 9.17) is 0 Å². The zero-order valence-corrected chi connectivity index (χ0v) is 12.4. The van der Waals surface area contributed by atoms with Crippen molar-refractivity contribution in [2.75, 3.05) is 0 Å². The Bertz CT molecular complexity index is 617. The number of carbonyl (C=O) groups excluding carboxylic acids is 1. The van der Waals surface area contributed by atoms with Crippen LogP contribution >= 0.6 is 0 Å². The number of hydrogen-bond acceptors (Lipinski definition) is 1. The number of aromatic amines is 1. The third-order valence-electron chi connectivity index (χ3n) is 4.68. The summed E-state index contributed by atoms with van der Waals surface area (Å²) in [6.07, 6.45) is 7.44. The van der Waals surface area contributed by atoms with E-state index in [9.17, 15) is 4.79 Å². The normalized spacial score (nSPS) is 17.9. The van der Waals surface area contributed by atoms with Gasteiger partial charge >= 0.3 is 0 Å². The molecule has 1 aliphatic carbocycles. The number of H-pyrrole nitrogens is 1. The molecule has 1 aromatic heterocycles. The topological polar surface area (TPSA) is 32.9 Å². The Hall–Kier alpha value is -1.57. The molecule has 20 heavy (non-hydrogen) atoms. The van der Waals surface area contributed by atoms with Crippen LogP contribution in [0.5, 0.6) is 0 Å². The first-order valence-corrected chi connectivity index (χ1v) is 7.73. The number of fused-ring (bicyclic) bond motifs is 1. The van der Waals surface area contributed by atoms with E-state index >= 15 is 0 Å². The van der Waals surface area contributed by atoms with Crippen LogP contribution < -0.4 is 0 Å². The lowest BCUT2D eigenvalue weighted by Gasteiger charge is -2.29. The van der Waals surface area contributed by atoms with Crippen LogP contribution in [0.2, 0.25) is 0 Å². The summed E-state index contributed by atoms with van der Waals surface area (Å²) in [6.45, 7) is 4.45. The Labute approximate surface area is 120 Å². The molecule has 2 aromatic rings. The van der Waals surface area contributed by atoms with Gasteiger partial charge in [-0.1, -0.05) is 44.9 Å². The van der Waals surface area contributed by atoms with Gasteiger partial charge in [0.05, 0.1) is 0 Å². The number of carbonyl (C=O) groups is 1. The van der Waals surface area contributed by atoms with Crippen molar-refractivity contribution in [2.24, 2.45) is 11.3 Å². The predicted molar refractivity (Wildman–Crippen MR) is 83.0 cm³/mol. The fraction of sp³-hybridized carbons (Fsp3) is 0.500. The van der Waals surface area contributed by atoms with Crippen molar-refractivity contribution in [2.45, 2.75) is 46.0 Å². The molecule has 2 nitrogen and oxygen atoms in total. The smallest absolute Gasteiger partial charge is 0.171 e. The van der Waals surface area contributed by atoms with E-state index in [2.05, 4.69) is 24.9 Å². The molecule has 1 heterocycles. The Balaban J connectivity index is 2.01. The zero-order chi connectivity index (χ0) is 14.2. The van der Waals surface area contributed by atoms with Crippen molar-refractivity contribution in [3.8, 4) is 0 Å². The van der Waals surface area contributed by atoms with Gasteiger partial charge in [-0.3, -0.25) is 4.79 Å². The average Bonchev–Trinajstić information content (AvgIpc) is 3.04. The molecular formula is C18H23NO. The van der Waals surface area contributed by atoms with E-state index in [1.807, 2.05) is 24.4 Å². The Morgan fingerprint density at radius 3 is 2.65 bits per heavy atom. The largest absolute Gasteiger partial charge is 0.360 e. The van der Waals surface area contributed by atoms with Crippen LogP contribution in [0.15, 0.2) is 30.5 Å².